The molecule has 5 nitrogen and oxygen atoms in total. The number of hydrogen-bond donors (Lipinski definition) is 1. The smallest absolute Gasteiger partial charge is 0.251 e. The number of nitrogens with zero attached hydrogens (tertiary/aromatic N) is 2. The van der Waals surface area contributed by atoms with Crippen molar-refractivity contribution in [2.45, 2.75) is 24.3 Å². The molecule has 1 aliphatic rings. The van der Waals surface area contributed by atoms with Crippen LogP contribution in [0.1, 0.15) is 28.8 Å². The summed E-state index contributed by atoms with van der Waals surface area (Å²) in [6.07, 6.45) is 5.10. The zero-order chi connectivity index (χ0) is 16.9. The van der Waals surface area contributed by atoms with Crippen molar-refractivity contribution in [3.63, 3.8) is 0 Å². The van der Waals surface area contributed by atoms with Crippen LogP contribution in [0.2, 0.25) is 0 Å². The van der Waals surface area contributed by atoms with E-state index in [0.717, 1.165) is 16.9 Å². The van der Waals surface area contributed by atoms with Gasteiger partial charge in [0, 0.05) is 36.2 Å². The molecule has 3 rings (SSSR count). The van der Waals surface area contributed by atoms with Gasteiger partial charge >= 0.3 is 0 Å². The molecule has 0 radical (unpaired) electrons. The molecule has 24 heavy (non-hydrogen) atoms. The Bertz CT molecular complexity index is 763. The van der Waals surface area contributed by atoms with Crippen LogP contribution < -0.4 is 10.2 Å². The lowest BCUT2D eigenvalue weighted by Crippen LogP contribution is -2.26. The van der Waals surface area contributed by atoms with E-state index in [9.17, 15) is 9.59 Å². The maximum absolute atomic E-state index is 12.3. The summed E-state index contributed by atoms with van der Waals surface area (Å²) in [7, 11) is 0. The largest absolute Gasteiger partial charge is 0.348 e. The molecule has 0 saturated carbocycles. The van der Waals surface area contributed by atoms with Gasteiger partial charge in [-0.3, -0.25) is 14.5 Å². The highest BCUT2D eigenvalue weighted by Gasteiger charge is 2.22. The van der Waals surface area contributed by atoms with Crippen molar-refractivity contribution in [3.8, 4) is 0 Å². The topological polar surface area (TPSA) is 62.3 Å². The van der Waals surface area contributed by atoms with Crippen LogP contribution in [0.4, 0.5) is 5.82 Å². The fourth-order valence-electron chi connectivity index (χ4n) is 2.66. The third kappa shape index (κ3) is 3.76. The zero-order valence-corrected chi connectivity index (χ0v) is 14.3. The first-order chi connectivity index (χ1) is 11.7. The Labute approximate surface area is 145 Å². The molecule has 1 aromatic carbocycles. The monoisotopic (exact) mass is 341 g/mol. The second-order valence-corrected chi connectivity index (χ2v) is 6.47. The van der Waals surface area contributed by atoms with E-state index in [1.165, 1.54) is 0 Å². The van der Waals surface area contributed by atoms with Crippen LogP contribution in [0, 0.1) is 0 Å². The summed E-state index contributed by atoms with van der Waals surface area (Å²) in [6.45, 7) is 1.11. The summed E-state index contributed by atoms with van der Waals surface area (Å²) in [6, 6.07) is 11.2. The van der Waals surface area contributed by atoms with Crippen LogP contribution in [0.25, 0.3) is 0 Å². The molecule has 1 aliphatic heterocycles. The predicted octanol–water partition coefficient (Wildman–Crippen LogP) is 2.86. The Kier molecular flexibility index (Phi) is 5.15. The second kappa shape index (κ2) is 7.49. The number of thioether (sulfide) groups is 1. The third-order valence-corrected chi connectivity index (χ3v) is 4.67. The highest BCUT2D eigenvalue weighted by Crippen LogP contribution is 2.20. The number of nitrogens with one attached hydrogen (secondary N) is 1. The maximum atomic E-state index is 12.3. The number of amides is 2. The molecule has 0 atom stereocenters. The van der Waals surface area contributed by atoms with Gasteiger partial charge < -0.3 is 5.32 Å². The molecule has 1 fully saturated rings. The van der Waals surface area contributed by atoms with Crippen molar-refractivity contribution in [2.75, 3.05) is 17.7 Å². The van der Waals surface area contributed by atoms with E-state index < -0.39 is 0 Å². The Morgan fingerprint density at radius 1 is 1.33 bits per heavy atom. The Morgan fingerprint density at radius 3 is 2.96 bits per heavy atom. The van der Waals surface area contributed by atoms with E-state index in [1.807, 2.05) is 36.6 Å². The molecule has 1 aromatic heterocycles. The number of carbonyl (C=O) groups excluding carboxylic acids is 2. The molecule has 124 valence electrons. The third-order valence-electron chi connectivity index (χ3n) is 3.94. The molecule has 6 heteroatoms. The summed E-state index contributed by atoms with van der Waals surface area (Å²) in [5, 5.41) is 2.92. The summed E-state index contributed by atoms with van der Waals surface area (Å²) in [4.78, 5) is 31.1. The van der Waals surface area contributed by atoms with Gasteiger partial charge in [0.15, 0.2) is 0 Å². The number of hydrogen-bond acceptors (Lipinski definition) is 4. The number of rotatable bonds is 5. The second-order valence-electron chi connectivity index (χ2n) is 5.59. The van der Waals surface area contributed by atoms with Crippen LogP contribution in [0.3, 0.4) is 0 Å². The normalized spacial score (nSPS) is 14.0. The van der Waals surface area contributed by atoms with Crippen molar-refractivity contribution >= 4 is 29.4 Å². The lowest BCUT2D eigenvalue weighted by atomic mass is 10.2. The standard InChI is InChI=1S/C18H19N3O2S/c1-24-15-5-2-4-14(11-15)18(23)20-12-13-7-8-19-16(10-13)21-9-3-6-17(21)22/h2,4-5,7-8,10-11H,3,6,9,12H2,1H3,(H,20,23). The minimum atomic E-state index is -0.110. The first kappa shape index (κ1) is 16.5. The Balaban J connectivity index is 1.66. The summed E-state index contributed by atoms with van der Waals surface area (Å²) in [5.74, 6) is 0.660. The van der Waals surface area contributed by atoms with E-state index >= 15 is 0 Å². The van der Waals surface area contributed by atoms with Gasteiger partial charge in [0.05, 0.1) is 0 Å². The van der Waals surface area contributed by atoms with Crippen molar-refractivity contribution in [2.24, 2.45) is 0 Å². The van der Waals surface area contributed by atoms with Crippen molar-refractivity contribution < 1.29 is 9.59 Å². The van der Waals surface area contributed by atoms with Gasteiger partial charge in [0.1, 0.15) is 5.82 Å². The van der Waals surface area contributed by atoms with Crippen LogP contribution in [-0.2, 0) is 11.3 Å². The fraction of sp³-hybridized carbons (Fsp3) is 0.278. The molecule has 2 amide bonds. The van der Waals surface area contributed by atoms with Gasteiger partial charge in [-0.15, -0.1) is 11.8 Å². The van der Waals surface area contributed by atoms with Crippen molar-refractivity contribution in [3.05, 3.63) is 53.7 Å². The molecule has 1 saturated heterocycles. The van der Waals surface area contributed by atoms with E-state index in [2.05, 4.69) is 10.3 Å². The Morgan fingerprint density at radius 2 is 2.21 bits per heavy atom. The van der Waals surface area contributed by atoms with E-state index in [-0.39, 0.29) is 11.8 Å². The van der Waals surface area contributed by atoms with Crippen molar-refractivity contribution in [1.82, 2.24) is 10.3 Å². The molecular weight excluding hydrogens is 322 g/mol. The highest BCUT2D eigenvalue weighted by atomic mass is 32.2. The molecule has 2 heterocycles. The van der Waals surface area contributed by atoms with Crippen LogP contribution in [0.5, 0.6) is 0 Å². The van der Waals surface area contributed by atoms with Crippen LogP contribution in [0.15, 0.2) is 47.5 Å². The van der Waals surface area contributed by atoms with Gasteiger partial charge in [-0.05, 0) is 48.6 Å². The predicted molar refractivity (Wildman–Crippen MR) is 95.2 cm³/mol. The summed E-state index contributed by atoms with van der Waals surface area (Å²) >= 11 is 1.61. The molecular formula is C18H19N3O2S. The zero-order valence-electron chi connectivity index (χ0n) is 13.5. The number of anilines is 1. The first-order valence-electron chi connectivity index (χ1n) is 7.85. The summed E-state index contributed by atoms with van der Waals surface area (Å²) in [5.41, 5.74) is 1.57. The SMILES string of the molecule is CSc1cccc(C(=O)NCc2ccnc(N3CCCC3=O)c2)c1. The van der Waals surface area contributed by atoms with Gasteiger partial charge in [-0.25, -0.2) is 4.98 Å². The molecule has 0 unspecified atom stereocenters. The fourth-order valence-corrected chi connectivity index (χ4v) is 3.12. The Hall–Kier alpha value is -2.34. The van der Waals surface area contributed by atoms with Gasteiger partial charge in [-0.2, -0.15) is 0 Å². The number of aromatic nitrogens is 1. The molecule has 0 aliphatic carbocycles. The van der Waals surface area contributed by atoms with Gasteiger partial charge in [0.2, 0.25) is 5.91 Å². The van der Waals surface area contributed by atoms with Gasteiger partial charge in [0.25, 0.3) is 5.91 Å². The first-order valence-corrected chi connectivity index (χ1v) is 9.07. The summed E-state index contributed by atoms with van der Waals surface area (Å²) < 4.78 is 0. The minimum Gasteiger partial charge on any atom is -0.348 e. The van der Waals surface area contributed by atoms with E-state index in [1.54, 1.807) is 28.9 Å². The van der Waals surface area contributed by atoms with Crippen LogP contribution in [-0.4, -0.2) is 29.6 Å². The quantitative estimate of drug-likeness (QED) is 0.850. The van der Waals surface area contributed by atoms with E-state index in [4.69, 9.17) is 0 Å². The van der Waals surface area contributed by atoms with Gasteiger partial charge in [-0.1, -0.05) is 6.07 Å². The molecule has 0 bridgehead atoms. The maximum Gasteiger partial charge on any atom is 0.251 e. The average molecular weight is 341 g/mol. The average Bonchev–Trinajstić information content (AvgIpc) is 3.06. The number of pyridine rings is 1. The molecule has 2 aromatic rings. The van der Waals surface area contributed by atoms with E-state index in [0.29, 0.717) is 30.9 Å². The van der Waals surface area contributed by atoms with Crippen LogP contribution >= 0.6 is 11.8 Å². The highest BCUT2D eigenvalue weighted by molar-refractivity contribution is 7.98. The lowest BCUT2D eigenvalue weighted by molar-refractivity contribution is -0.117. The lowest BCUT2D eigenvalue weighted by Gasteiger charge is -2.15. The number of carbonyl (C=O) groups is 2. The molecule has 0 spiro atoms. The van der Waals surface area contributed by atoms with Crippen molar-refractivity contribution in [1.29, 1.82) is 0 Å². The minimum absolute atomic E-state index is 0.109. The number of benzene rings is 1. The molecule has 1 N–H and O–H groups in total.